The molecule has 0 aromatic heterocycles. The van der Waals surface area contributed by atoms with Crippen molar-refractivity contribution in [3.05, 3.63) is 52.6 Å². The van der Waals surface area contributed by atoms with Crippen LogP contribution >= 0.6 is 0 Å². The van der Waals surface area contributed by atoms with E-state index in [0.29, 0.717) is 69.3 Å². The number of carboxylic acids is 1. The lowest BCUT2D eigenvalue weighted by molar-refractivity contribution is -0.211. The number of allylic oxidation sites excluding steroid dienone is 4. The van der Waals surface area contributed by atoms with Crippen molar-refractivity contribution in [2.45, 2.75) is 174 Å². The number of fused-ring (bicyclic) bond motifs is 9. The monoisotopic (exact) mass is 951 g/mol. The van der Waals surface area contributed by atoms with Gasteiger partial charge in [0.05, 0.1) is 25.4 Å². The summed E-state index contributed by atoms with van der Waals surface area (Å²) >= 11 is 0. The molecule has 0 saturated heterocycles. The van der Waals surface area contributed by atoms with Crippen molar-refractivity contribution >= 4 is 23.6 Å². The molecule has 69 heavy (non-hydrogen) atoms. The van der Waals surface area contributed by atoms with E-state index in [9.17, 15) is 29.7 Å². The lowest BCUT2D eigenvalue weighted by Gasteiger charge is -2.64. The predicted octanol–water partition coefficient (Wildman–Crippen LogP) is 9.77. The maximum Gasteiger partial charge on any atom is 0.508 e. The van der Waals surface area contributed by atoms with Crippen molar-refractivity contribution < 1.29 is 43.9 Å². The van der Waals surface area contributed by atoms with Crippen LogP contribution in [0.5, 0.6) is 0 Å². The van der Waals surface area contributed by atoms with E-state index in [0.717, 1.165) is 76.4 Å². The minimum atomic E-state index is -1.01. The number of rotatable bonds is 14. The molecular formula is C58H82N2O9. The van der Waals surface area contributed by atoms with E-state index in [1.165, 1.54) is 22.3 Å². The van der Waals surface area contributed by atoms with Gasteiger partial charge < -0.3 is 40.2 Å². The maximum absolute atomic E-state index is 13.3. The lowest BCUT2D eigenvalue weighted by atomic mass is 9.43. The zero-order valence-corrected chi connectivity index (χ0v) is 42.5. The molecule has 1 aromatic carbocycles. The fraction of sp³-hybridized carbons (Fsp3) is 0.741. The molecule has 1 aromatic rings. The molecule has 378 valence electrons. The van der Waals surface area contributed by atoms with Gasteiger partial charge >= 0.3 is 12.1 Å². The van der Waals surface area contributed by atoms with Crippen molar-refractivity contribution in [3.8, 4) is 11.8 Å². The molecule has 0 amide bonds. The Morgan fingerprint density at radius 1 is 0.986 bits per heavy atom. The molecule has 7 fully saturated rings. The zero-order chi connectivity index (χ0) is 49.0. The number of benzene rings is 1. The van der Waals surface area contributed by atoms with Crippen molar-refractivity contribution in [2.24, 2.45) is 69.3 Å². The van der Waals surface area contributed by atoms with Gasteiger partial charge in [0.2, 0.25) is 0 Å². The maximum atomic E-state index is 13.3. The molecule has 3 unspecified atom stereocenters. The number of ether oxygens (including phenoxy) is 3. The van der Waals surface area contributed by atoms with Crippen LogP contribution in [0.15, 0.2) is 47.1 Å². The van der Waals surface area contributed by atoms with E-state index in [4.69, 9.17) is 19.9 Å². The molecule has 11 heteroatoms. The fourth-order valence-electron chi connectivity index (χ4n) is 17.1. The van der Waals surface area contributed by atoms with Crippen molar-refractivity contribution in [1.82, 2.24) is 0 Å². The van der Waals surface area contributed by atoms with Gasteiger partial charge in [-0.25, -0.2) is 4.79 Å². The lowest BCUT2D eigenvalue weighted by Crippen LogP contribution is -2.63. The first-order valence-electron chi connectivity index (χ1n) is 26.9. The highest BCUT2D eigenvalue weighted by Crippen LogP contribution is 2.70. The van der Waals surface area contributed by atoms with E-state index in [2.05, 4.69) is 81.8 Å². The summed E-state index contributed by atoms with van der Waals surface area (Å²) < 4.78 is 18.7. The van der Waals surface area contributed by atoms with Gasteiger partial charge in [-0.2, -0.15) is 0 Å². The van der Waals surface area contributed by atoms with Crippen LogP contribution in [0.25, 0.3) is 0 Å². The molecule has 0 bridgehead atoms. The summed E-state index contributed by atoms with van der Waals surface area (Å²) in [7, 11) is 2.13. The van der Waals surface area contributed by atoms with Crippen molar-refractivity contribution in [1.29, 1.82) is 0 Å². The Hall–Kier alpha value is -3.69. The molecule has 8 aliphatic carbocycles. The number of hydrogen-bond donors (Lipinski definition) is 4. The molecule has 0 aliphatic heterocycles. The largest absolute Gasteiger partial charge is 0.508 e. The molecule has 0 radical (unpaired) electrons. The summed E-state index contributed by atoms with van der Waals surface area (Å²) in [4.78, 5) is 39.7. The fourth-order valence-corrected chi connectivity index (χ4v) is 17.1. The van der Waals surface area contributed by atoms with Crippen LogP contribution in [0.4, 0.5) is 10.5 Å². The number of hydrogen-bond acceptors (Lipinski definition) is 10. The first-order valence-corrected chi connectivity index (χ1v) is 26.9. The first kappa shape index (κ1) is 50.3. The van der Waals surface area contributed by atoms with Crippen LogP contribution in [-0.2, 0) is 23.8 Å². The average molecular weight is 951 g/mol. The van der Waals surface area contributed by atoms with Crippen LogP contribution < -0.4 is 10.6 Å². The van der Waals surface area contributed by atoms with Gasteiger partial charge in [-0.1, -0.05) is 57.4 Å². The number of aliphatic hydroxyl groups is 2. The van der Waals surface area contributed by atoms with Crippen LogP contribution in [-0.4, -0.2) is 90.5 Å². The smallest absolute Gasteiger partial charge is 0.481 e. The number of carbonyl (C=O) groups is 3. The van der Waals surface area contributed by atoms with E-state index in [1.807, 2.05) is 6.92 Å². The minimum absolute atomic E-state index is 0.0428. The minimum Gasteiger partial charge on any atom is -0.481 e. The number of Topliss-reactive ketones (excluding diaryl/α,β-unsaturated/α-hetero) is 1. The standard InChI is InChI=1S/C58H82N2O9/c1-7-23-58(66)25-22-46-43-16-12-37-30-40(61)15-17-42(37)52(43)44(34-56(46,58)4)36-10-13-39(14-11-36)60(6)27-29-67-41-21-24-55(3)38(31-41)32-49(69-54(65)68-28-8-26-59)53-47-19-18-45(35(2)9-20-51(63)64)57(47,5)50(62)33-48(53)55/h10-14,35,38,41,43-50,53,62,66H,8-9,15-22,24-34,59H2,1-6H3,(H,63,64)/t35-,38+,41+,43?,44-,45?,46?,47+,48+,49-,50+,53+,55+,56+,57-,58+/m1/s1. The summed E-state index contributed by atoms with van der Waals surface area (Å²) in [5, 5.41) is 33.9. The highest BCUT2D eigenvalue weighted by molar-refractivity contribution is 5.84. The van der Waals surface area contributed by atoms with Crippen molar-refractivity contribution in [2.75, 3.05) is 38.3 Å². The number of carboxylic acid groups (broad SMARTS) is 1. The number of ketones is 1. The molecule has 16 atom stereocenters. The molecule has 0 heterocycles. The number of likely N-dealkylation sites (N-methyl/N-ethyl adjacent to an activating group) is 1. The Morgan fingerprint density at radius 3 is 2.51 bits per heavy atom. The van der Waals surface area contributed by atoms with Gasteiger partial charge in [0.25, 0.3) is 0 Å². The number of nitrogens with two attached hydrogens (primary N) is 1. The Labute approximate surface area is 411 Å². The van der Waals surface area contributed by atoms with Gasteiger partial charge in [-0.15, -0.1) is 5.92 Å². The van der Waals surface area contributed by atoms with Crippen LogP contribution in [0.1, 0.15) is 155 Å². The van der Waals surface area contributed by atoms with Gasteiger partial charge in [-0.05, 0) is 184 Å². The van der Waals surface area contributed by atoms with Gasteiger partial charge in [-0.3, -0.25) is 9.59 Å². The highest BCUT2D eigenvalue weighted by atomic mass is 16.7. The van der Waals surface area contributed by atoms with E-state index in [1.54, 1.807) is 0 Å². The summed E-state index contributed by atoms with van der Waals surface area (Å²) in [6.07, 6.45) is 13.7. The van der Waals surface area contributed by atoms with Crippen LogP contribution in [0, 0.1) is 75.4 Å². The zero-order valence-electron chi connectivity index (χ0n) is 42.5. The summed E-state index contributed by atoms with van der Waals surface area (Å²) in [6.45, 7) is 12.9. The van der Waals surface area contributed by atoms with Crippen LogP contribution in [0.2, 0.25) is 0 Å². The van der Waals surface area contributed by atoms with E-state index in [-0.39, 0.29) is 82.9 Å². The third kappa shape index (κ3) is 8.92. The van der Waals surface area contributed by atoms with Gasteiger partial charge in [0.1, 0.15) is 17.5 Å². The van der Waals surface area contributed by atoms with Crippen molar-refractivity contribution in [3.63, 3.8) is 0 Å². The molecule has 7 saturated carbocycles. The molecule has 11 nitrogen and oxygen atoms in total. The molecular weight excluding hydrogens is 869 g/mol. The van der Waals surface area contributed by atoms with E-state index < -0.39 is 23.8 Å². The molecule has 9 rings (SSSR count). The summed E-state index contributed by atoms with van der Waals surface area (Å²) in [5.41, 5.74) is 10.5. The second kappa shape index (κ2) is 19.7. The number of carbonyl (C=O) groups excluding carboxylic acids is 2. The first-order chi connectivity index (χ1) is 32.9. The van der Waals surface area contributed by atoms with Gasteiger partial charge in [0, 0.05) is 55.8 Å². The third-order valence-electron chi connectivity index (χ3n) is 20.8. The normalized spacial score (nSPS) is 40.3. The molecule has 5 N–H and O–H groups in total. The SMILES string of the molecule is CC#C[C@]1(O)CCC2C3CC=C4CC(=O)CCC4=C3[C@@H](c3ccc(N(C)CCO[C@H]4CC[C@@]5(C)[C@@H](C4)C[C@@H](OC(=O)OCCCN)[C@@H]4[C@@H]5C[C@H](O)[C@]5(C)C([C@H](C)CCC(=O)O)CC[C@@H]45)cc3)C[C@@]21C. The highest BCUT2D eigenvalue weighted by Gasteiger charge is 2.67. The van der Waals surface area contributed by atoms with Gasteiger partial charge in [0.15, 0.2) is 0 Å². The Balaban J connectivity index is 0.871. The Bertz CT molecular complexity index is 2230. The number of anilines is 1. The summed E-state index contributed by atoms with van der Waals surface area (Å²) in [5.74, 6) is 7.80. The van der Waals surface area contributed by atoms with E-state index >= 15 is 0 Å². The second-order valence-electron chi connectivity index (χ2n) is 23.9. The number of aliphatic hydroxyl groups excluding tert-OH is 1. The summed E-state index contributed by atoms with van der Waals surface area (Å²) in [6, 6.07) is 9.05. The Kier molecular flexibility index (Phi) is 14.4. The Morgan fingerprint density at radius 2 is 1.77 bits per heavy atom. The predicted molar refractivity (Wildman–Crippen MR) is 266 cm³/mol. The molecule has 0 spiro atoms. The average Bonchev–Trinajstić information content (AvgIpc) is 3.81. The topological polar surface area (TPSA) is 169 Å². The number of nitrogens with zero attached hydrogens (tertiary/aromatic N) is 1. The number of aliphatic carboxylic acids is 1. The van der Waals surface area contributed by atoms with Crippen LogP contribution in [0.3, 0.4) is 0 Å². The quantitative estimate of drug-likeness (QED) is 0.0796. The molecule has 8 aliphatic rings. The third-order valence-corrected chi connectivity index (χ3v) is 20.8. The second-order valence-corrected chi connectivity index (χ2v) is 23.9.